The lowest BCUT2D eigenvalue weighted by atomic mass is 9.92. The van der Waals surface area contributed by atoms with E-state index in [4.69, 9.17) is 5.73 Å². The van der Waals surface area contributed by atoms with Gasteiger partial charge in [0.1, 0.15) is 0 Å². The van der Waals surface area contributed by atoms with Crippen molar-refractivity contribution in [3.8, 4) is 0 Å². The minimum Gasteiger partial charge on any atom is -0.399 e. The van der Waals surface area contributed by atoms with Crippen molar-refractivity contribution in [1.29, 1.82) is 0 Å². The van der Waals surface area contributed by atoms with Crippen LogP contribution in [0.1, 0.15) is 26.7 Å². The smallest absolute Gasteiger partial charge is 0.238 e. The molecule has 2 unspecified atom stereocenters. The molecule has 1 aliphatic heterocycles. The lowest BCUT2D eigenvalue weighted by Crippen LogP contribution is -2.46. The van der Waals surface area contributed by atoms with Gasteiger partial charge in [0.05, 0.1) is 6.54 Å². The summed E-state index contributed by atoms with van der Waals surface area (Å²) in [5.41, 5.74) is 7.13. The molecule has 0 spiro atoms. The van der Waals surface area contributed by atoms with Gasteiger partial charge in [0.15, 0.2) is 0 Å². The molecule has 1 aromatic rings. The first-order chi connectivity index (χ1) is 9.06. The summed E-state index contributed by atoms with van der Waals surface area (Å²) in [6.07, 6.45) is 2.44. The minimum atomic E-state index is 0.0470. The summed E-state index contributed by atoms with van der Waals surface area (Å²) in [7, 11) is 0. The lowest BCUT2D eigenvalue weighted by Gasteiger charge is -2.37. The standard InChI is InChI=1S/C15H23N3O/c1-11-4-3-9-18(12(11)2)10-15(19)17-14-7-5-13(16)6-8-14/h5-8,11-12H,3-4,9-10,16H2,1-2H3,(H,17,19). The van der Waals surface area contributed by atoms with E-state index < -0.39 is 0 Å². The molecule has 1 amide bonds. The van der Waals surface area contributed by atoms with Crippen LogP contribution >= 0.6 is 0 Å². The maximum Gasteiger partial charge on any atom is 0.238 e. The Labute approximate surface area is 115 Å². The van der Waals surface area contributed by atoms with Gasteiger partial charge in [-0.3, -0.25) is 9.69 Å². The number of piperidine rings is 1. The fraction of sp³-hybridized carbons (Fsp3) is 0.533. The highest BCUT2D eigenvalue weighted by Gasteiger charge is 2.25. The van der Waals surface area contributed by atoms with E-state index in [0.29, 0.717) is 24.2 Å². The van der Waals surface area contributed by atoms with Crippen LogP contribution in [0.4, 0.5) is 11.4 Å². The third kappa shape index (κ3) is 3.70. The van der Waals surface area contributed by atoms with Crippen LogP contribution in [0.25, 0.3) is 0 Å². The van der Waals surface area contributed by atoms with Gasteiger partial charge in [0.25, 0.3) is 0 Å². The molecule has 3 N–H and O–H groups in total. The van der Waals surface area contributed by atoms with Gasteiger partial charge >= 0.3 is 0 Å². The van der Waals surface area contributed by atoms with E-state index in [-0.39, 0.29) is 5.91 Å². The first-order valence-electron chi connectivity index (χ1n) is 6.95. The zero-order valence-electron chi connectivity index (χ0n) is 11.7. The average molecular weight is 261 g/mol. The maximum atomic E-state index is 12.0. The molecule has 104 valence electrons. The molecule has 1 heterocycles. The van der Waals surface area contributed by atoms with E-state index in [1.807, 2.05) is 12.1 Å². The summed E-state index contributed by atoms with van der Waals surface area (Å²) in [5, 5.41) is 2.92. The second-order valence-corrected chi connectivity index (χ2v) is 5.50. The molecule has 0 aromatic heterocycles. The number of rotatable bonds is 3. The Balaban J connectivity index is 1.88. The number of benzene rings is 1. The van der Waals surface area contributed by atoms with Crippen LogP contribution in [-0.2, 0) is 4.79 Å². The third-order valence-electron chi connectivity index (χ3n) is 4.05. The summed E-state index contributed by atoms with van der Waals surface area (Å²) in [4.78, 5) is 14.3. The molecule has 1 fully saturated rings. The summed E-state index contributed by atoms with van der Waals surface area (Å²) in [5.74, 6) is 0.712. The van der Waals surface area contributed by atoms with Crippen molar-refractivity contribution in [3.05, 3.63) is 24.3 Å². The molecule has 0 saturated carbocycles. The Bertz CT molecular complexity index is 430. The number of anilines is 2. The predicted octanol–water partition coefficient (Wildman–Crippen LogP) is 2.33. The molecule has 2 atom stereocenters. The first-order valence-corrected chi connectivity index (χ1v) is 6.95. The number of carbonyl (C=O) groups excluding carboxylic acids is 1. The van der Waals surface area contributed by atoms with E-state index in [1.54, 1.807) is 12.1 Å². The maximum absolute atomic E-state index is 12.0. The number of nitrogen functional groups attached to an aromatic ring is 1. The molecule has 1 aromatic carbocycles. The fourth-order valence-electron chi connectivity index (χ4n) is 2.60. The van der Waals surface area contributed by atoms with Crippen LogP contribution in [-0.4, -0.2) is 29.9 Å². The highest BCUT2D eigenvalue weighted by molar-refractivity contribution is 5.92. The molecule has 4 heteroatoms. The number of nitrogens with one attached hydrogen (secondary N) is 1. The molecular formula is C15H23N3O. The van der Waals surface area contributed by atoms with E-state index in [0.717, 1.165) is 12.2 Å². The van der Waals surface area contributed by atoms with Gasteiger partial charge < -0.3 is 11.1 Å². The van der Waals surface area contributed by atoms with Crippen LogP contribution in [0.3, 0.4) is 0 Å². The molecule has 1 saturated heterocycles. The predicted molar refractivity (Wildman–Crippen MR) is 78.9 cm³/mol. The molecule has 0 radical (unpaired) electrons. The van der Waals surface area contributed by atoms with Gasteiger partial charge in [-0.1, -0.05) is 6.92 Å². The van der Waals surface area contributed by atoms with Gasteiger partial charge in [0, 0.05) is 17.4 Å². The Morgan fingerprint density at radius 2 is 2.05 bits per heavy atom. The zero-order chi connectivity index (χ0) is 13.8. The van der Waals surface area contributed by atoms with Gasteiger partial charge in [-0.15, -0.1) is 0 Å². The van der Waals surface area contributed by atoms with Crippen molar-refractivity contribution >= 4 is 17.3 Å². The van der Waals surface area contributed by atoms with Crippen molar-refractivity contribution in [2.24, 2.45) is 5.92 Å². The van der Waals surface area contributed by atoms with Gasteiger partial charge in [-0.25, -0.2) is 0 Å². The van der Waals surface area contributed by atoms with E-state index in [2.05, 4.69) is 24.1 Å². The lowest BCUT2D eigenvalue weighted by molar-refractivity contribution is -0.118. The summed E-state index contributed by atoms with van der Waals surface area (Å²) in [6.45, 7) is 5.95. The third-order valence-corrected chi connectivity index (χ3v) is 4.05. The van der Waals surface area contributed by atoms with Crippen LogP contribution < -0.4 is 11.1 Å². The molecule has 0 aliphatic carbocycles. The zero-order valence-corrected chi connectivity index (χ0v) is 11.7. The van der Waals surface area contributed by atoms with Crippen molar-refractivity contribution in [2.75, 3.05) is 24.1 Å². The van der Waals surface area contributed by atoms with E-state index in [9.17, 15) is 4.79 Å². The van der Waals surface area contributed by atoms with Crippen molar-refractivity contribution in [1.82, 2.24) is 4.90 Å². The Hall–Kier alpha value is -1.55. The summed E-state index contributed by atoms with van der Waals surface area (Å²) >= 11 is 0. The van der Waals surface area contributed by atoms with Crippen molar-refractivity contribution < 1.29 is 4.79 Å². The molecule has 4 nitrogen and oxygen atoms in total. The molecule has 1 aliphatic rings. The number of hydrogen-bond donors (Lipinski definition) is 2. The second kappa shape index (κ2) is 6.06. The van der Waals surface area contributed by atoms with Crippen LogP contribution in [0.2, 0.25) is 0 Å². The quantitative estimate of drug-likeness (QED) is 0.821. The number of amides is 1. The molecule has 19 heavy (non-hydrogen) atoms. The minimum absolute atomic E-state index is 0.0470. The molecule has 2 rings (SSSR count). The number of nitrogens with two attached hydrogens (primary N) is 1. The fourth-order valence-corrected chi connectivity index (χ4v) is 2.60. The van der Waals surface area contributed by atoms with E-state index in [1.165, 1.54) is 12.8 Å². The summed E-state index contributed by atoms with van der Waals surface area (Å²) in [6, 6.07) is 7.72. The first kappa shape index (κ1) is 13.9. The molecule has 0 bridgehead atoms. The SMILES string of the molecule is CC1CCCN(CC(=O)Nc2ccc(N)cc2)C1C. The van der Waals surface area contributed by atoms with Crippen LogP contribution in [0.5, 0.6) is 0 Å². The second-order valence-electron chi connectivity index (χ2n) is 5.50. The van der Waals surface area contributed by atoms with Gasteiger partial charge in [-0.2, -0.15) is 0 Å². The van der Waals surface area contributed by atoms with Crippen molar-refractivity contribution in [3.63, 3.8) is 0 Å². The van der Waals surface area contributed by atoms with Crippen LogP contribution in [0, 0.1) is 5.92 Å². The van der Waals surface area contributed by atoms with E-state index >= 15 is 0 Å². The Morgan fingerprint density at radius 3 is 2.74 bits per heavy atom. The number of carbonyl (C=O) groups is 1. The summed E-state index contributed by atoms with van der Waals surface area (Å²) < 4.78 is 0. The van der Waals surface area contributed by atoms with Gasteiger partial charge in [-0.05, 0) is 56.5 Å². The highest BCUT2D eigenvalue weighted by Crippen LogP contribution is 2.22. The monoisotopic (exact) mass is 261 g/mol. The Morgan fingerprint density at radius 1 is 1.37 bits per heavy atom. The highest BCUT2D eigenvalue weighted by atomic mass is 16.2. The Kier molecular flexibility index (Phi) is 4.43. The largest absolute Gasteiger partial charge is 0.399 e. The van der Waals surface area contributed by atoms with Gasteiger partial charge in [0.2, 0.25) is 5.91 Å². The number of likely N-dealkylation sites (tertiary alicyclic amines) is 1. The average Bonchev–Trinajstić information content (AvgIpc) is 2.38. The van der Waals surface area contributed by atoms with Crippen molar-refractivity contribution in [2.45, 2.75) is 32.7 Å². The molecular weight excluding hydrogens is 238 g/mol. The number of nitrogens with zero attached hydrogens (tertiary/aromatic N) is 1. The number of hydrogen-bond acceptors (Lipinski definition) is 3. The topological polar surface area (TPSA) is 58.4 Å². The van der Waals surface area contributed by atoms with Crippen LogP contribution in [0.15, 0.2) is 24.3 Å². The normalized spacial score (nSPS) is 24.1.